The standard InChI is InChI=1S/C18H21BrN2O2S/c19-17-5-1-2-6-18(17)24(22,23)20-13-15-7-9-16(10-8-15)14-21-11-3-4-12-21/h1-2,5-10,20H,3-4,11-14H2. The van der Waals surface area contributed by atoms with E-state index in [1.54, 1.807) is 24.3 Å². The van der Waals surface area contributed by atoms with Crippen molar-refractivity contribution in [3.8, 4) is 0 Å². The lowest BCUT2D eigenvalue weighted by atomic mass is 10.1. The van der Waals surface area contributed by atoms with E-state index in [0.29, 0.717) is 4.47 Å². The van der Waals surface area contributed by atoms with Gasteiger partial charge in [-0.1, -0.05) is 36.4 Å². The van der Waals surface area contributed by atoms with Crippen molar-refractivity contribution in [2.45, 2.75) is 30.8 Å². The first-order chi connectivity index (χ1) is 11.5. The summed E-state index contributed by atoms with van der Waals surface area (Å²) in [7, 11) is -3.52. The lowest BCUT2D eigenvalue weighted by Crippen LogP contribution is -2.23. The van der Waals surface area contributed by atoms with E-state index in [2.05, 4.69) is 37.7 Å². The predicted molar refractivity (Wildman–Crippen MR) is 99.1 cm³/mol. The number of rotatable bonds is 6. The molecule has 0 bridgehead atoms. The number of nitrogens with zero attached hydrogens (tertiary/aromatic N) is 1. The van der Waals surface area contributed by atoms with Crippen LogP contribution in [0.4, 0.5) is 0 Å². The summed E-state index contributed by atoms with van der Waals surface area (Å²) < 4.78 is 28.0. The Morgan fingerprint density at radius 1 is 0.958 bits per heavy atom. The average Bonchev–Trinajstić information content (AvgIpc) is 3.07. The lowest BCUT2D eigenvalue weighted by molar-refractivity contribution is 0.331. The summed E-state index contributed by atoms with van der Waals surface area (Å²) in [5, 5.41) is 0. The Morgan fingerprint density at radius 2 is 1.58 bits per heavy atom. The summed E-state index contributed by atoms with van der Waals surface area (Å²) in [6.07, 6.45) is 2.57. The Kier molecular flexibility index (Phi) is 5.71. The molecule has 4 nitrogen and oxygen atoms in total. The molecular weight excluding hydrogens is 388 g/mol. The molecule has 0 spiro atoms. The van der Waals surface area contributed by atoms with Gasteiger partial charge in [-0.3, -0.25) is 4.90 Å². The van der Waals surface area contributed by atoms with Gasteiger partial charge in [0.1, 0.15) is 0 Å². The molecule has 128 valence electrons. The van der Waals surface area contributed by atoms with Gasteiger partial charge in [0.15, 0.2) is 0 Å². The number of halogens is 1. The van der Waals surface area contributed by atoms with Crippen molar-refractivity contribution in [1.29, 1.82) is 0 Å². The number of benzene rings is 2. The predicted octanol–water partition coefficient (Wildman–Crippen LogP) is 3.52. The fraction of sp³-hybridized carbons (Fsp3) is 0.333. The molecule has 1 N–H and O–H groups in total. The van der Waals surface area contributed by atoms with E-state index in [1.165, 1.54) is 31.5 Å². The van der Waals surface area contributed by atoms with E-state index in [0.717, 1.165) is 12.1 Å². The summed E-state index contributed by atoms with van der Waals surface area (Å²) in [5.74, 6) is 0. The van der Waals surface area contributed by atoms with Crippen molar-refractivity contribution in [3.05, 3.63) is 64.1 Å². The number of hydrogen-bond donors (Lipinski definition) is 1. The molecule has 2 aromatic carbocycles. The van der Waals surface area contributed by atoms with Gasteiger partial charge in [-0.05, 0) is 65.1 Å². The molecular formula is C18H21BrN2O2S. The zero-order valence-electron chi connectivity index (χ0n) is 13.4. The van der Waals surface area contributed by atoms with E-state index in [9.17, 15) is 8.42 Å². The van der Waals surface area contributed by atoms with Crippen LogP contribution in [0, 0.1) is 0 Å². The molecule has 0 amide bonds. The Balaban J connectivity index is 1.61. The van der Waals surface area contributed by atoms with Crippen LogP contribution in [0.5, 0.6) is 0 Å². The zero-order valence-corrected chi connectivity index (χ0v) is 15.8. The molecule has 0 saturated carbocycles. The van der Waals surface area contributed by atoms with Gasteiger partial charge < -0.3 is 0 Å². The highest BCUT2D eigenvalue weighted by Crippen LogP contribution is 2.21. The topological polar surface area (TPSA) is 49.4 Å². The molecule has 1 aliphatic rings. The fourth-order valence-corrected chi connectivity index (χ4v) is 4.90. The zero-order chi connectivity index (χ0) is 17.0. The van der Waals surface area contributed by atoms with Crippen LogP contribution in [-0.4, -0.2) is 26.4 Å². The van der Waals surface area contributed by atoms with Crippen molar-refractivity contribution >= 4 is 26.0 Å². The highest BCUT2D eigenvalue weighted by atomic mass is 79.9. The third kappa shape index (κ3) is 4.45. The van der Waals surface area contributed by atoms with E-state index >= 15 is 0 Å². The van der Waals surface area contributed by atoms with Crippen molar-refractivity contribution in [3.63, 3.8) is 0 Å². The van der Waals surface area contributed by atoms with Crippen LogP contribution in [0.15, 0.2) is 57.9 Å². The summed E-state index contributed by atoms with van der Waals surface area (Å²) in [6.45, 7) is 3.61. The van der Waals surface area contributed by atoms with Gasteiger partial charge in [0.25, 0.3) is 0 Å². The number of sulfonamides is 1. The first kappa shape index (κ1) is 17.6. The van der Waals surface area contributed by atoms with Crippen LogP contribution in [0.3, 0.4) is 0 Å². The maximum absolute atomic E-state index is 12.4. The van der Waals surface area contributed by atoms with Gasteiger partial charge >= 0.3 is 0 Å². The molecule has 0 unspecified atom stereocenters. The van der Waals surface area contributed by atoms with Crippen molar-refractivity contribution < 1.29 is 8.42 Å². The highest BCUT2D eigenvalue weighted by molar-refractivity contribution is 9.10. The third-order valence-electron chi connectivity index (χ3n) is 4.22. The third-order valence-corrected chi connectivity index (χ3v) is 6.63. The average molecular weight is 409 g/mol. The van der Waals surface area contributed by atoms with E-state index in [1.807, 2.05) is 12.1 Å². The van der Waals surface area contributed by atoms with Crippen molar-refractivity contribution in [2.24, 2.45) is 0 Å². The second-order valence-electron chi connectivity index (χ2n) is 6.05. The number of hydrogen-bond acceptors (Lipinski definition) is 3. The highest BCUT2D eigenvalue weighted by Gasteiger charge is 2.16. The molecule has 1 fully saturated rings. The van der Waals surface area contributed by atoms with Gasteiger partial charge in [-0.15, -0.1) is 0 Å². The Hall–Kier alpha value is -1.21. The number of likely N-dealkylation sites (tertiary alicyclic amines) is 1. The normalized spacial score (nSPS) is 15.7. The second-order valence-corrected chi connectivity index (χ2v) is 8.64. The molecule has 6 heteroatoms. The van der Waals surface area contributed by atoms with Gasteiger partial charge in [0.2, 0.25) is 10.0 Å². The smallest absolute Gasteiger partial charge is 0.241 e. The molecule has 1 saturated heterocycles. The summed E-state index contributed by atoms with van der Waals surface area (Å²) in [6, 6.07) is 15.0. The maximum atomic E-state index is 12.4. The van der Waals surface area contributed by atoms with Crippen LogP contribution >= 0.6 is 15.9 Å². The van der Waals surface area contributed by atoms with Crippen LogP contribution in [-0.2, 0) is 23.1 Å². The Morgan fingerprint density at radius 3 is 2.25 bits per heavy atom. The summed E-state index contributed by atoms with van der Waals surface area (Å²) in [4.78, 5) is 2.71. The van der Waals surface area contributed by atoms with Crippen LogP contribution < -0.4 is 4.72 Å². The Labute approximate surface area is 152 Å². The first-order valence-electron chi connectivity index (χ1n) is 8.09. The molecule has 0 aromatic heterocycles. The van der Waals surface area contributed by atoms with Gasteiger partial charge in [0, 0.05) is 17.6 Å². The minimum absolute atomic E-state index is 0.260. The SMILES string of the molecule is O=S(=O)(NCc1ccc(CN2CCCC2)cc1)c1ccccc1Br. The first-order valence-corrected chi connectivity index (χ1v) is 10.4. The Bertz CT molecular complexity index is 785. The molecule has 1 aliphatic heterocycles. The fourth-order valence-electron chi connectivity index (χ4n) is 2.88. The molecule has 2 aromatic rings. The van der Waals surface area contributed by atoms with Gasteiger partial charge in [-0.2, -0.15) is 0 Å². The van der Waals surface area contributed by atoms with Crippen molar-refractivity contribution in [1.82, 2.24) is 9.62 Å². The maximum Gasteiger partial charge on any atom is 0.241 e. The minimum Gasteiger partial charge on any atom is -0.299 e. The van der Waals surface area contributed by atoms with E-state index in [-0.39, 0.29) is 11.4 Å². The summed E-state index contributed by atoms with van der Waals surface area (Å²) >= 11 is 3.29. The number of nitrogens with one attached hydrogen (secondary N) is 1. The largest absolute Gasteiger partial charge is 0.299 e. The summed E-state index contributed by atoms with van der Waals surface area (Å²) in [5.41, 5.74) is 2.23. The quantitative estimate of drug-likeness (QED) is 0.794. The second kappa shape index (κ2) is 7.78. The van der Waals surface area contributed by atoms with Crippen LogP contribution in [0.1, 0.15) is 24.0 Å². The monoisotopic (exact) mass is 408 g/mol. The van der Waals surface area contributed by atoms with Crippen LogP contribution in [0.2, 0.25) is 0 Å². The minimum atomic E-state index is -3.52. The molecule has 1 heterocycles. The molecule has 0 atom stereocenters. The van der Waals surface area contributed by atoms with Crippen LogP contribution in [0.25, 0.3) is 0 Å². The molecule has 0 aliphatic carbocycles. The molecule has 3 rings (SSSR count). The van der Waals surface area contributed by atoms with E-state index in [4.69, 9.17) is 0 Å². The van der Waals surface area contributed by atoms with E-state index < -0.39 is 10.0 Å². The van der Waals surface area contributed by atoms with Crippen molar-refractivity contribution in [2.75, 3.05) is 13.1 Å². The van der Waals surface area contributed by atoms with Gasteiger partial charge in [0.05, 0.1) is 4.90 Å². The molecule has 0 radical (unpaired) electrons. The van der Waals surface area contributed by atoms with Gasteiger partial charge in [-0.25, -0.2) is 13.1 Å². The molecule has 24 heavy (non-hydrogen) atoms. The lowest BCUT2D eigenvalue weighted by Gasteiger charge is -2.14.